The molecule has 1 atom stereocenters. The van der Waals surface area contributed by atoms with Crippen molar-refractivity contribution in [3.63, 3.8) is 0 Å². The molecule has 206 valence electrons. The third kappa shape index (κ3) is 5.67. The zero-order valence-corrected chi connectivity index (χ0v) is 22.6. The second-order valence-electron chi connectivity index (χ2n) is 9.76. The van der Waals surface area contributed by atoms with E-state index in [0.717, 1.165) is 36.5 Å². The van der Waals surface area contributed by atoms with Gasteiger partial charge in [-0.2, -0.15) is 4.98 Å². The van der Waals surface area contributed by atoms with E-state index in [9.17, 15) is 14.4 Å². The number of carbonyl (C=O) groups excluding carboxylic acids is 2. The Kier molecular flexibility index (Phi) is 7.78. The van der Waals surface area contributed by atoms with E-state index in [1.54, 1.807) is 6.20 Å². The quantitative estimate of drug-likeness (QED) is 0.159. The summed E-state index contributed by atoms with van der Waals surface area (Å²) in [5.41, 5.74) is 6.77. The molecule has 2 amide bonds. The van der Waals surface area contributed by atoms with Crippen LogP contribution < -0.4 is 27.4 Å². The van der Waals surface area contributed by atoms with Crippen LogP contribution in [-0.2, 0) is 0 Å². The number of carbonyl (C=O) groups is 2. The fourth-order valence-electron chi connectivity index (χ4n) is 4.56. The highest BCUT2D eigenvalue weighted by Gasteiger charge is 2.22. The third-order valence-electron chi connectivity index (χ3n) is 7.04. The Hall–Kier alpha value is -4.32. The predicted molar refractivity (Wildman–Crippen MR) is 154 cm³/mol. The lowest BCUT2D eigenvalue weighted by Crippen LogP contribution is -2.40. The van der Waals surface area contributed by atoms with E-state index < -0.39 is 23.4 Å². The van der Waals surface area contributed by atoms with Crippen LogP contribution in [0.15, 0.2) is 65.6 Å². The van der Waals surface area contributed by atoms with Crippen LogP contribution in [0.2, 0.25) is 5.02 Å². The number of amides is 2. The van der Waals surface area contributed by atoms with Gasteiger partial charge in [-0.25, -0.2) is 10.8 Å². The smallest absolute Gasteiger partial charge is 0.268 e. The van der Waals surface area contributed by atoms with Crippen molar-refractivity contribution >= 4 is 46.1 Å². The summed E-state index contributed by atoms with van der Waals surface area (Å²) in [4.78, 5) is 52.6. The van der Waals surface area contributed by atoms with Crippen molar-refractivity contribution in [2.45, 2.75) is 31.8 Å². The number of aromatic amines is 1. The maximum Gasteiger partial charge on any atom is 0.268 e. The number of benzene rings is 2. The monoisotopic (exact) mass is 560 g/mol. The Morgan fingerprint density at radius 2 is 1.88 bits per heavy atom. The first-order chi connectivity index (χ1) is 19.2. The standard InChI is InChI=1S/C28H29ClN8O3/c1-16(17-5-3-2-4-6-17)37(31)27(40)18-7-8-22(29)23(14-18)33-25(38)21-13-19-15-32-28(35-24(19)34-26(21)39)36-11-9-20(30)10-12-36/h2-8,13-16,20H,9-12,30-31H2,1H3,(H,33,38)(H,32,34,35,39). The number of piperidine rings is 1. The number of hydrazine groups is 1. The first-order valence-electron chi connectivity index (χ1n) is 12.9. The van der Waals surface area contributed by atoms with Gasteiger partial charge in [-0.15, -0.1) is 0 Å². The normalized spacial score (nSPS) is 14.7. The second-order valence-corrected chi connectivity index (χ2v) is 10.2. The Balaban J connectivity index is 1.35. The van der Waals surface area contributed by atoms with E-state index in [-0.39, 0.29) is 27.9 Å². The lowest BCUT2D eigenvalue weighted by molar-refractivity contribution is 0.0690. The molecule has 0 spiro atoms. The number of H-pyrrole nitrogens is 1. The van der Waals surface area contributed by atoms with Crippen LogP contribution in [-0.4, -0.2) is 50.9 Å². The zero-order chi connectivity index (χ0) is 28.4. The molecule has 0 radical (unpaired) electrons. The van der Waals surface area contributed by atoms with Gasteiger partial charge in [-0.1, -0.05) is 41.9 Å². The highest BCUT2D eigenvalue weighted by molar-refractivity contribution is 6.34. The molecule has 1 saturated heterocycles. The molecule has 1 fully saturated rings. The Morgan fingerprint density at radius 3 is 2.60 bits per heavy atom. The van der Waals surface area contributed by atoms with Crippen LogP contribution in [0.25, 0.3) is 11.0 Å². The molecule has 0 saturated carbocycles. The number of nitrogens with one attached hydrogen (secondary N) is 2. The number of nitrogens with zero attached hydrogens (tertiary/aromatic N) is 4. The van der Waals surface area contributed by atoms with E-state index in [1.165, 1.54) is 24.3 Å². The fourth-order valence-corrected chi connectivity index (χ4v) is 4.73. The van der Waals surface area contributed by atoms with Gasteiger partial charge in [0.05, 0.1) is 16.8 Å². The summed E-state index contributed by atoms with van der Waals surface area (Å²) in [6.45, 7) is 3.27. The van der Waals surface area contributed by atoms with Crippen LogP contribution in [0.3, 0.4) is 0 Å². The van der Waals surface area contributed by atoms with Crippen molar-refractivity contribution < 1.29 is 9.59 Å². The van der Waals surface area contributed by atoms with Crippen molar-refractivity contribution in [1.82, 2.24) is 20.0 Å². The number of rotatable bonds is 6. The van der Waals surface area contributed by atoms with Crippen molar-refractivity contribution in [3.05, 3.63) is 92.9 Å². The zero-order valence-electron chi connectivity index (χ0n) is 21.8. The average molecular weight is 561 g/mol. The van der Waals surface area contributed by atoms with Gasteiger partial charge in [-0.3, -0.25) is 19.4 Å². The first-order valence-corrected chi connectivity index (χ1v) is 13.2. The molecule has 1 aliphatic heterocycles. The SMILES string of the molecule is CC(c1ccccc1)N(N)C(=O)c1ccc(Cl)c(NC(=O)c2cc3cnc(N4CCC(N)CC4)nc3[nH]c2=O)c1. The van der Waals surface area contributed by atoms with Crippen LogP contribution in [0.5, 0.6) is 0 Å². The summed E-state index contributed by atoms with van der Waals surface area (Å²) in [6.07, 6.45) is 3.23. The summed E-state index contributed by atoms with van der Waals surface area (Å²) in [5.74, 6) is 5.47. The van der Waals surface area contributed by atoms with E-state index in [1.807, 2.05) is 42.2 Å². The number of aromatic nitrogens is 3. The number of hydrogen-bond acceptors (Lipinski definition) is 8. The summed E-state index contributed by atoms with van der Waals surface area (Å²) in [5, 5.41) is 4.43. The molecule has 5 rings (SSSR count). The Labute approximate surface area is 235 Å². The molecule has 2 aromatic heterocycles. The summed E-state index contributed by atoms with van der Waals surface area (Å²) < 4.78 is 0. The molecule has 0 bridgehead atoms. The van der Waals surface area contributed by atoms with Crippen molar-refractivity contribution in [1.29, 1.82) is 0 Å². The topological polar surface area (TPSA) is 163 Å². The van der Waals surface area contributed by atoms with Gasteiger partial charge < -0.3 is 20.9 Å². The summed E-state index contributed by atoms with van der Waals surface area (Å²) in [6, 6.07) is 15.0. The highest BCUT2D eigenvalue weighted by Crippen LogP contribution is 2.26. The van der Waals surface area contributed by atoms with Gasteiger partial charge in [0.1, 0.15) is 11.2 Å². The van der Waals surface area contributed by atoms with Crippen molar-refractivity contribution in [2.75, 3.05) is 23.3 Å². The van der Waals surface area contributed by atoms with Gasteiger partial charge in [-0.05, 0) is 49.6 Å². The van der Waals surface area contributed by atoms with Crippen molar-refractivity contribution in [2.24, 2.45) is 11.6 Å². The number of nitrogens with two attached hydrogens (primary N) is 2. The predicted octanol–water partition coefficient (Wildman–Crippen LogP) is 3.23. The lowest BCUT2D eigenvalue weighted by Gasteiger charge is -2.30. The van der Waals surface area contributed by atoms with Crippen LogP contribution >= 0.6 is 11.6 Å². The largest absolute Gasteiger partial charge is 0.341 e. The lowest BCUT2D eigenvalue weighted by atomic mass is 10.1. The third-order valence-corrected chi connectivity index (χ3v) is 7.37. The maximum atomic E-state index is 13.1. The number of fused-ring (bicyclic) bond motifs is 1. The first kappa shape index (κ1) is 27.3. The van der Waals surface area contributed by atoms with Gasteiger partial charge >= 0.3 is 0 Å². The van der Waals surface area contributed by atoms with E-state index in [4.69, 9.17) is 23.2 Å². The molecule has 11 nitrogen and oxygen atoms in total. The summed E-state index contributed by atoms with van der Waals surface area (Å²) in [7, 11) is 0. The molecule has 2 aromatic carbocycles. The molecule has 0 aliphatic carbocycles. The minimum Gasteiger partial charge on any atom is -0.341 e. The minimum atomic E-state index is -0.703. The molecule has 1 unspecified atom stereocenters. The molecule has 12 heteroatoms. The van der Waals surface area contributed by atoms with Gasteiger partial charge in [0.25, 0.3) is 17.4 Å². The van der Waals surface area contributed by atoms with E-state index in [0.29, 0.717) is 17.0 Å². The minimum absolute atomic E-state index is 0.154. The highest BCUT2D eigenvalue weighted by atomic mass is 35.5. The van der Waals surface area contributed by atoms with Crippen molar-refractivity contribution in [3.8, 4) is 0 Å². The number of anilines is 2. The summed E-state index contributed by atoms with van der Waals surface area (Å²) >= 11 is 6.32. The second kappa shape index (κ2) is 11.4. The number of hydrogen-bond donors (Lipinski definition) is 4. The molecule has 40 heavy (non-hydrogen) atoms. The van der Waals surface area contributed by atoms with E-state index in [2.05, 4.69) is 20.3 Å². The van der Waals surface area contributed by atoms with Gasteiger partial charge in [0, 0.05) is 36.3 Å². The molecular weight excluding hydrogens is 532 g/mol. The van der Waals surface area contributed by atoms with Crippen LogP contribution in [0.1, 0.15) is 52.1 Å². The number of halogens is 1. The van der Waals surface area contributed by atoms with Crippen LogP contribution in [0, 0.1) is 0 Å². The molecular formula is C28H29ClN8O3. The van der Waals surface area contributed by atoms with Gasteiger partial charge in [0.15, 0.2) is 0 Å². The fraction of sp³-hybridized carbons (Fsp3) is 0.250. The van der Waals surface area contributed by atoms with Gasteiger partial charge in [0.2, 0.25) is 5.95 Å². The average Bonchev–Trinajstić information content (AvgIpc) is 2.97. The molecule has 1 aliphatic rings. The van der Waals surface area contributed by atoms with E-state index >= 15 is 0 Å². The Bertz CT molecular complexity index is 1620. The number of pyridine rings is 1. The maximum absolute atomic E-state index is 13.1. The Morgan fingerprint density at radius 1 is 1.15 bits per heavy atom. The van der Waals surface area contributed by atoms with Crippen LogP contribution in [0.4, 0.5) is 11.6 Å². The molecule has 6 N–H and O–H groups in total. The molecule has 3 heterocycles. The molecule has 4 aromatic rings.